The van der Waals surface area contributed by atoms with Gasteiger partial charge in [0.15, 0.2) is 6.61 Å². The van der Waals surface area contributed by atoms with Crippen LogP contribution in [0.1, 0.15) is 25.0 Å². The van der Waals surface area contributed by atoms with E-state index in [9.17, 15) is 18.0 Å². The molecule has 2 aromatic rings. The van der Waals surface area contributed by atoms with Gasteiger partial charge >= 0.3 is 5.97 Å². The highest BCUT2D eigenvalue weighted by Gasteiger charge is 2.18. The number of nitrogens with one attached hydrogen (secondary N) is 2. The van der Waals surface area contributed by atoms with Crippen LogP contribution in [0, 0.1) is 0 Å². The van der Waals surface area contributed by atoms with Gasteiger partial charge in [-0.3, -0.25) is 9.59 Å². The number of benzene rings is 2. The Hall–Kier alpha value is -2.13. The van der Waals surface area contributed by atoms with Crippen molar-refractivity contribution in [1.29, 1.82) is 0 Å². The van der Waals surface area contributed by atoms with Gasteiger partial charge in [-0.05, 0) is 42.2 Å². The van der Waals surface area contributed by atoms with E-state index in [2.05, 4.69) is 10.0 Å². The van der Waals surface area contributed by atoms with Gasteiger partial charge in [-0.25, -0.2) is 8.42 Å². The van der Waals surface area contributed by atoms with Crippen molar-refractivity contribution in [2.45, 2.75) is 31.6 Å². The topological polar surface area (TPSA) is 102 Å². The highest BCUT2D eigenvalue weighted by Crippen LogP contribution is 2.25. The molecule has 10 heteroatoms. The first-order valence-electron chi connectivity index (χ1n) is 9.18. The Balaban J connectivity index is 1.90. The van der Waals surface area contributed by atoms with Crippen LogP contribution < -0.4 is 10.0 Å². The van der Waals surface area contributed by atoms with E-state index in [1.807, 2.05) is 32.0 Å². The van der Waals surface area contributed by atoms with Gasteiger partial charge in [0.1, 0.15) is 6.54 Å². The molecular weight excluding hydrogens is 451 g/mol. The number of hydrogen-bond acceptors (Lipinski definition) is 5. The van der Waals surface area contributed by atoms with Gasteiger partial charge in [-0.2, -0.15) is 4.72 Å². The second-order valence-corrected chi connectivity index (χ2v) is 8.85. The molecule has 0 saturated carbocycles. The standard InChI is InChI=1S/C20H22Cl2N2O5S/c1-3-13-6-5-7-14(4-2)20(13)24-18(25)12-29-19(26)11-23-30(27,28)15-8-9-16(21)17(22)10-15/h5-10,23H,3-4,11-12H2,1-2H3,(H,24,25). The summed E-state index contributed by atoms with van der Waals surface area (Å²) in [5, 5.41) is 3.04. The Morgan fingerprint density at radius 3 is 2.20 bits per heavy atom. The monoisotopic (exact) mass is 472 g/mol. The number of amides is 1. The summed E-state index contributed by atoms with van der Waals surface area (Å²) in [7, 11) is -3.99. The number of esters is 1. The molecule has 0 spiro atoms. The number of aryl methyl sites for hydroxylation is 2. The minimum Gasteiger partial charge on any atom is -0.455 e. The molecule has 2 N–H and O–H groups in total. The summed E-state index contributed by atoms with van der Waals surface area (Å²) in [6, 6.07) is 9.51. The molecule has 0 aromatic heterocycles. The summed E-state index contributed by atoms with van der Waals surface area (Å²) in [4.78, 5) is 23.9. The van der Waals surface area contributed by atoms with Crippen molar-refractivity contribution in [2.24, 2.45) is 0 Å². The van der Waals surface area contributed by atoms with Gasteiger partial charge in [0, 0.05) is 5.69 Å². The largest absolute Gasteiger partial charge is 0.455 e. The first kappa shape index (κ1) is 24.1. The van der Waals surface area contributed by atoms with E-state index in [1.165, 1.54) is 18.2 Å². The van der Waals surface area contributed by atoms with Crippen LogP contribution in [0.5, 0.6) is 0 Å². The van der Waals surface area contributed by atoms with Gasteiger partial charge < -0.3 is 10.1 Å². The number of carbonyl (C=O) groups excluding carboxylic acids is 2. The average molecular weight is 473 g/mol. The molecule has 0 bridgehead atoms. The minimum absolute atomic E-state index is 0.0672. The number of rotatable bonds is 9. The highest BCUT2D eigenvalue weighted by molar-refractivity contribution is 7.89. The molecule has 0 heterocycles. The third-order valence-electron chi connectivity index (χ3n) is 4.24. The van der Waals surface area contributed by atoms with Crippen molar-refractivity contribution >= 4 is 50.8 Å². The highest BCUT2D eigenvalue weighted by atomic mass is 35.5. The molecule has 7 nitrogen and oxygen atoms in total. The molecule has 0 atom stereocenters. The van der Waals surface area contributed by atoms with Crippen molar-refractivity contribution < 1.29 is 22.7 Å². The molecule has 162 valence electrons. The number of ether oxygens (including phenoxy) is 1. The second-order valence-electron chi connectivity index (χ2n) is 6.27. The van der Waals surface area contributed by atoms with Gasteiger partial charge in [0.05, 0.1) is 14.9 Å². The summed E-state index contributed by atoms with van der Waals surface area (Å²) in [5.74, 6) is -1.40. The Bertz CT molecular complexity index is 1020. The molecule has 2 aromatic carbocycles. The predicted molar refractivity (Wildman–Crippen MR) is 116 cm³/mol. The van der Waals surface area contributed by atoms with E-state index < -0.39 is 35.1 Å². The number of hydrogen-bond donors (Lipinski definition) is 2. The lowest BCUT2D eigenvalue weighted by molar-refractivity contribution is -0.146. The van der Waals surface area contributed by atoms with Crippen LogP contribution in [0.4, 0.5) is 5.69 Å². The Morgan fingerprint density at radius 2 is 1.63 bits per heavy atom. The lowest BCUT2D eigenvalue weighted by Gasteiger charge is -2.14. The fraction of sp³-hybridized carbons (Fsp3) is 0.300. The minimum atomic E-state index is -3.99. The summed E-state index contributed by atoms with van der Waals surface area (Å²) < 4.78 is 31.4. The molecule has 0 saturated heterocycles. The van der Waals surface area contributed by atoms with Gasteiger partial charge in [0.2, 0.25) is 10.0 Å². The molecular formula is C20H22Cl2N2O5S. The zero-order valence-electron chi connectivity index (χ0n) is 16.5. The second kappa shape index (κ2) is 10.8. The molecule has 0 aliphatic heterocycles. The van der Waals surface area contributed by atoms with E-state index in [0.29, 0.717) is 5.69 Å². The molecule has 2 rings (SSSR count). The van der Waals surface area contributed by atoms with Gasteiger partial charge in [0.25, 0.3) is 5.91 Å². The van der Waals surface area contributed by atoms with Crippen molar-refractivity contribution in [3.05, 3.63) is 57.6 Å². The summed E-state index contributed by atoms with van der Waals surface area (Å²) in [6.07, 6.45) is 1.47. The summed E-state index contributed by atoms with van der Waals surface area (Å²) in [6.45, 7) is 2.78. The first-order chi connectivity index (χ1) is 14.2. The number of carbonyl (C=O) groups is 2. The normalized spacial score (nSPS) is 11.2. The van der Waals surface area contributed by atoms with E-state index in [1.54, 1.807) is 0 Å². The SMILES string of the molecule is CCc1cccc(CC)c1NC(=O)COC(=O)CNS(=O)(=O)c1ccc(Cl)c(Cl)c1. The van der Waals surface area contributed by atoms with Crippen LogP contribution in [-0.2, 0) is 37.2 Å². The van der Waals surface area contributed by atoms with Crippen molar-refractivity contribution in [1.82, 2.24) is 4.72 Å². The number of anilines is 1. The van der Waals surface area contributed by atoms with Crippen LogP contribution in [-0.4, -0.2) is 33.4 Å². The molecule has 30 heavy (non-hydrogen) atoms. The Kier molecular flexibility index (Phi) is 8.66. The van der Waals surface area contributed by atoms with Crippen LogP contribution in [0.25, 0.3) is 0 Å². The molecule has 0 fully saturated rings. The number of sulfonamides is 1. The van der Waals surface area contributed by atoms with Crippen molar-refractivity contribution in [2.75, 3.05) is 18.5 Å². The van der Waals surface area contributed by atoms with E-state index in [0.717, 1.165) is 24.0 Å². The zero-order chi connectivity index (χ0) is 22.3. The average Bonchev–Trinajstić information content (AvgIpc) is 2.72. The molecule has 0 unspecified atom stereocenters. The Labute approximate surface area is 185 Å². The van der Waals surface area contributed by atoms with E-state index >= 15 is 0 Å². The smallest absolute Gasteiger partial charge is 0.321 e. The van der Waals surface area contributed by atoms with Crippen LogP contribution in [0.2, 0.25) is 10.0 Å². The van der Waals surface area contributed by atoms with Crippen LogP contribution in [0.3, 0.4) is 0 Å². The molecule has 0 radical (unpaired) electrons. The first-order valence-corrected chi connectivity index (χ1v) is 11.4. The van der Waals surface area contributed by atoms with Crippen LogP contribution in [0.15, 0.2) is 41.3 Å². The van der Waals surface area contributed by atoms with E-state index in [-0.39, 0.29) is 14.9 Å². The quantitative estimate of drug-likeness (QED) is 0.543. The molecule has 0 aliphatic carbocycles. The maximum atomic E-state index is 12.2. The van der Waals surface area contributed by atoms with Gasteiger partial charge in [-0.15, -0.1) is 0 Å². The van der Waals surface area contributed by atoms with Crippen molar-refractivity contribution in [3.63, 3.8) is 0 Å². The lowest BCUT2D eigenvalue weighted by atomic mass is 10.0. The molecule has 1 amide bonds. The zero-order valence-corrected chi connectivity index (χ0v) is 18.8. The molecule has 0 aliphatic rings. The Morgan fingerprint density at radius 1 is 1.00 bits per heavy atom. The third kappa shape index (κ3) is 6.43. The van der Waals surface area contributed by atoms with Gasteiger partial charge in [-0.1, -0.05) is 55.2 Å². The fourth-order valence-corrected chi connectivity index (χ4v) is 4.01. The maximum Gasteiger partial charge on any atom is 0.321 e. The third-order valence-corrected chi connectivity index (χ3v) is 6.37. The predicted octanol–water partition coefficient (Wildman–Crippen LogP) is 3.58. The lowest BCUT2D eigenvalue weighted by Crippen LogP contribution is -2.32. The van der Waals surface area contributed by atoms with E-state index in [4.69, 9.17) is 27.9 Å². The number of para-hydroxylation sites is 1. The fourth-order valence-electron chi connectivity index (χ4n) is 2.66. The van der Waals surface area contributed by atoms with Crippen molar-refractivity contribution in [3.8, 4) is 0 Å². The summed E-state index contributed by atoms with van der Waals surface area (Å²) in [5.41, 5.74) is 2.66. The summed E-state index contributed by atoms with van der Waals surface area (Å²) >= 11 is 11.6. The maximum absolute atomic E-state index is 12.2. The van der Waals surface area contributed by atoms with Crippen LogP contribution >= 0.6 is 23.2 Å². The number of halogens is 2.